The van der Waals surface area contributed by atoms with Crippen molar-refractivity contribution in [2.75, 3.05) is 24.6 Å². The van der Waals surface area contributed by atoms with Crippen LogP contribution in [0.25, 0.3) is 0 Å². The molecular weight excluding hydrogens is 230 g/mol. The van der Waals surface area contributed by atoms with Crippen LogP contribution in [0.1, 0.15) is 25.7 Å². The second-order valence-corrected chi connectivity index (χ2v) is 5.37. The first kappa shape index (κ1) is 13.2. The van der Waals surface area contributed by atoms with Gasteiger partial charge in [-0.05, 0) is 12.8 Å². The van der Waals surface area contributed by atoms with E-state index in [1.807, 2.05) is 0 Å². The molecule has 1 rings (SSSR count). The van der Waals surface area contributed by atoms with Gasteiger partial charge in [0, 0.05) is 23.9 Å². The molecule has 0 aromatic rings. The predicted octanol–water partition coefficient (Wildman–Crippen LogP) is 0.222. The van der Waals surface area contributed by atoms with Gasteiger partial charge in [0.15, 0.2) is 0 Å². The molecule has 1 aliphatic heterocycles. The third-order valence-corrected chi connectivity index (χ3v) is 3.67. The molecule has 1 N–H and O–H groups in total. The van der Waals surface area contributed by atoms with Crippen LogP contribution < -0.4 is 0 Å². The summed E-state index contributed by atoms with van der Waals surface area (Å²) in [5.74, 6) is -1.91. The Balaban J connectivity index is 2.38. The minimum atomic E-state index is -1.58. The minimum absolute atomic E-state index is 0.160. The van der Waals surface area contributed by atoms with E-state index >= 15 is 0 Å². The van der Waals surface area contributed by atoms with Crippen molar-refractivity contribution in [3.63, 3.8) is 0 Å². The number of amides is 1. The Morgan fingerprint density at radius 2 is 1.62 bits per heavy atom. The Morgan fingerprint density at radius 3 is 2.12 bits per heavy atom. The monoisotopic (exact) mass is 247 g/mol. The lowest BCUT2D eigenvalue weighted by molar-refractivity contribution is -0.134. The average Bonchev–Trinajstić information content (AvgIpc) is 2.43. The molecule has 0 spiro atoms. The number of likely N-dealkylation sites (tertiary alicyclic amines) is 1. The van der Waals surface area contributed by atoms with Gasteiger partial charge in [-0.25, -0.2) is 0 Å². The molecule has 6 heteroatoms. The number of carboxylic acid groups (broad SMARTS) is 1. The lowest BCUT2D eigenvalue weighted by Gasteiger charge is -2.19. The molecule has 1 heterocycles. The average molecular weight is 247 g/mol. The van der Waals surface area contributed by atoms with Gasteiger partial charge in [0.1, 0.15) is 11.5 Å². The van der Waals surface area contributed by atoms with Gasteiger partial charge in [0.25, 0.3) is 0 Å². The smallest absolute Gasteiger partial charge is 0.316 e. The number of rotatable bonds is 4. The van der Waals surface area contributed by atoms with E-state index < -0.39 is 22.5 Å². The molecule has 1 aliphatic rings. The number of aliphatic carboxylic acids is 1. The van der Waals surface area contributed by atoms with E-state index in [0.717, 1.165) is 25.7 Å². The van der Waals surface area contributed by atoms with Crippen LogP contribution in [0.5, 0.6) is 0 Å². The van der Waals surface area contributed by atoms with Crippen LogP contribution in [0.4, 0.5) is 0 Å². The van der Waals surface area contributed by atoms with E-state index in [1.54, 1.807) is 4.90 Å². The number of hydrogen-bond acceptors (Lipinski definition) is 3. The fourth-order valence-corrected chi connectivity index (χ4v) is 2.57. The van der Waals surface area contributed by atoms with Gasteiger partial charge in [-0.1, -0.05) is 12.8 Å². The Morgan fingerprint density at radius 1 is 1.06 bits per heavy atom. The third kappa shape index (κ3) is 4.74. The summed E-state index contributed by atoms with van der Waals surface area (Å²) in [5.41, 5.74) is 0. The molecule has 92 valence electrons. The second kappa shape index (κ2) is 6.62. The van der Waals surface area contributed by atoms with Gasteiger partial charge in [-0.15, -0.1) is 0 Å². The van der Waals surface area contributed by atoms with Crippen molar-refractivity contribution in [1.29, 1.82) is 0 Å². The van der Waals surface area contributed by atoms with Crippen LogP contribution in [-0.4, -0.2) is 50.7 Å². The molecular formula is C10H17NO4S. The maximum absolute atomic E-state index is 11.7. The topological polar surface area (TPSA) is 74.7 Å². The SMILES string of the molecule is O=C(O)CS(=O)CC(=O)N1CCCCCC1. The first-order valence-electron chi connectivity index (χ1n) is 5.44. The van der Waals surface area contributed by atoms with Gasteiger partial charge >= 0.3 is 5.97 Å². The van der Waals surface area contributed by atoms with E-state index in [4.69, 9.17) is 5.11 Å². The number of carboxylic acids is 1. The van der Waals surface area contributed by atoms with Gasteiger partial charge in [0.2, 0.25) is 5.91 Å². The largest absolute Gasteiger partial charge is 0.481 e. The Bertz CT molecular complexity index is 285. The van der Waals surface area contributed by atoms with Crippen LogP contribution in [0, 0.1) is 0 Å². The number of carbonyl (C=O) groups excluding carboxylic acids is 1. The molecule has 0 bridgehead atoms. The number of nitrogens with zero attached hydrogens (tertiary/aromatic N) is 1. The fraction of sp³-hybridized carbons (Fsp3) is 0.800. The molecule has 0 aliphatic carbocycles. The van der Waals surface area contributed by atoms with Crippen molar-refractivity contribution in [1.82, 2.24) is 4.90 Å². The molecule has 16 heavy (non-hydrogen) atoms. The van der Waals surface area contributed by atoms with E-state index in [0.29, 0.717) is 13.1 Å². The standard InChI is InChI=1S/C10H17NO4S/c12-9(7-16(15)8-10(13)14)11-5-3-1-2-4-6-11/h1-8H2,(H,13,14). The summed E-state index contributed by atoms with van der Waals surface area (Å²) < 4.78 is 11.3. The summed E-state index contributed by atoms with van der Waals surface area (Å²) in [7, 11) is -1.58. The third-order valence-electron chi connectivity index (χ3n) is 2.53. The van der Waals surface area contributed by atoms with Crippen LogP contribution in [-0.2, 0) is 20.4 Å². The summed E-state index contributed by atoms with van der Waals surface area (Å²) in [6, 6.07) is 0. The minimum Gasteiger partial charge on any atom is -0.481 e. The van der Waals surface area contributed by atoms with Crippen LogP contribution in [0.15, 0.2) is 0 Å². The van der Waals surface area contributed by atoms with Crippen molar-refractivity contribution in [2.45, 2.75) is 25.7 Å². The van der Waals surface area contributed by atoms with E-state index in [-0.39, 0.29) is 11.7 Å². The van der Waals surface area contributed by atoms with Crippen molar-refractivity contribution >= 4 is 22.7 Å². The van der Waals surface area contributed by atoms with Crippen molar-refractivity contribution in [3.8, 4) is 0 Å². The summed E-state index contributed by atoms with van der Waals surface area (Å²) in [5, 5.41) is 8.43. The Labute approximate surface area is 97.3 Å². The predicted molar refractivity (Wildman–Crippen MR) is 60.6 cm³/mol. The Kier molecular flexibility index (Phi) is 5.45. The molecule has 0 radical (unpaired) electrons. The van der Waals surface area contributed by atoms with E-state index in [9.17, 15) is 13.8 Å². The zero-order valence-electron chi connectivity index (χ0n) is 9.18. The second-order valence-electron chi connectivity index (χ2n) is 3.92. The maximum Gasteiger partial charge on any atom is 0.316 e. The summed E-state index contributed by atoms with van der Waals surface area (Å²) in [6.07, 6.45) is 4.22. The van der Waals surface area contributed by atoms with Crippen LogP contribution in [0.2, 0.25) is 0 Å². The molecule has 1 amide bonds. The van der Waals surface area contributed by atoms with Crippen LogP contribution in [0.3, 0.4) is 0 Å². The van der Waals surface area contributed by atoms with E-state index in [2.05, 4.69) is 0 Å². The highest BCUT2D eigenvalue weighted by molar-refractivity contribution is 7.86. The highest BCUT2D eigenvalue weighted by Gasteiger charge is 2.18. The number of hydrogen-bond donors (Lipinski definition) is 1. The quantitative estimate of drug-likeness (QED) is 0.771. The molecule has 1 unspecified atom stereocenters. The molecule has 0 aromatic heterocycles. The Hall–Kier alpha value is -0.910. The number of carbonyl (C=O) groups is 2. The normalized spacial score (nSPS) is 18.9. The molecule has 0 saturated carbocycles. The molecule has 1 atom stereocenters. The van der Waals surface area contributed by atoms with Crippen molar-refractivity contribution in [2.24, 2.45) is 0 Å². The van der Waals surface area contributed by atoms with Crippen molar-refractivity contribution in [3.05, 3.63) is 0 Å². The van der Waals surface area contributed by atoms with Gasteiger partial charge < -0.3 is 10.0 Å². The fourth-order valence-electron chi connectivity index (χ4n) is 1.74. The maximum atomic E-state index is 11.7. The highest BCUT2D eigenvalue weighted by Crippen LogP contribution is 2.09. The van der Waals surface area contributed by atoms with Crippen molar-refractivity contribution < 1.29 is 18.9 Å². The lowest BCUT2D eigenvalue weighted by atomic mass is 10.2. The van der Waals surface area contributed by atoms with Gasteiger partial charge in [-0.2, -0.15) is 0 Å². The van der Waals surface area contributed by atoms with Gasteiger partial charge in [0.05, 0.1) is 0 Å². The molecule has 0 aromatic carbocycles. The van der Waals surface area contributed by atoms with Gasteiger partial charge in [-0.3, -0.25) is 13.8 Å². The lowest BCUT2D eigenvalue weighted by Crippen LogP contribution is -2.36. The highest BCUT2D eigenvalue weighted by atomic mass is 32.2. The zero-order chi connectivity index (χ0) is 12.0. The summed E-state index contributed by atoms with van der Waals surface area (Å²) in [6.45, 7) is 1.42. The summed E-state index contributed by atoms with van der Waals surface area (Å²) in [4.78, 5) is 23.7. The zero-order valence-corrected chi connectivity index (χ0v) is 10.0. The summed E-state index contributed by atoms with van der Waals surface area (Å²) >= 11 is 0. The van der Waals surface area contributed by atoms with E-state index in [1.165, 1.54) is 0 Å². The van der Waals surface area contributed by atoms with Crippen LogP contribution >= 0.6 is 0 Å². The first-order chi connectivity index (χ1) is 7.59. The molecule has 1 saturated heterocycles. The molecule has 1 fully saturated rings. The molecule has 5 nitrogen and oxygen atoms in total. The first-order valence-corrected chi connectivity index (χ1v) is 6.93.